The number of amides is 1. The van der Waals surface area contributed by atoms with Crippen LogP contribution in [0.5, 0.6) is 0 Å². The molecule has 1 aliphatic heterocycles. The van der Waals surface area contributed by atoms with Crippen molar-refractivity contribution in [1.29, 1.82) is 5.26 Å². The van der Waals surface area contributed by atoms with Crippen LogP contribution >= 0.6 is 11.6 Å². The number of hydrogen-bond acceptors (Lipinski definition) is 4. The molecule has 0 bridgehead atoms. The molecule has 1 amide bonds. The molecule has 0 aromatic heterocycles. The van der Waals surface area contributed by atoms with Gasteiger partial charge in [-0.15, -0.1) is 0 Å². The van der Waals surface area contributed by atoms with Crippen LogP contribution in [-0.4, -0.2) is 36.1 Å². The second kappa shape index (κ2) is 5.42. The lowest BCUT2D eigenvalue weighted by Crippen LogP contribution is -2.49. The summed E-state index contributed by atoms with van der Waals surface area (Å²) in [6.45, 7) is -0.600. The third-order valence-electron chi connectivity index (χ3n) is 2.96. The fraction of sp³-hybridized carbons (Fsp3) is 0.333. The molecule has 1 aromatic carbocycles. The van der Waals surface area contributed by atoms with Gasteiger partial charge in [-0.3, -0.25) is 4.90 Å². The van der Waals surface area contributed by atoms with E-state index < -0.39 is 31.0 Å². The van der Waals surface area contributed by atoms with E-state index in [9.17, 15) is 23.1 Å². The molecule has 1 aromatic rings. The van der Waals surface area contributed by atoms with Crippen LogP contribution in [0.4, 0.5) is 23.7 Å². The molecule has 21 heavy (non-hydrogen) atoms. The fourth-order valence-electron chi connectivity index (χ4n) is 1.93. The Hall–Kier alpha value is -1.98. The van der Waals surface area contributed by atoms with Crippen molar-refractivity contribution in [1.82, 2.24) is 0 Å². The minimum Gasteiger partial charge on any atom is -0.447 e. The number of aliphatic hydroxyl groups is 1. The predicted octanol–water partition coefficient (Wildman–Crippen LogP) is 2.46. The van der Waals surface area contributed by atoms with Crippen molar-refractivity contribution < 1.29 is 27.8 Å². The molecule has 2 atom stereocenters. The molecule has 0 aliphatic carbocycles. The van der Waals surface area contributed by atoms with E-state index in [1.807, 2.05) is 0 Å². The molecule has 1 aliphatic rings. The molecule has 0 saturated carbocycles. The first-order valence-electron chi connectivity index (χ1n) is 5.66. The summed E-state index contributed by atoms with van der Waals surface area (Å²) >= 11 is 5.79. The minimum atomic E-state index is -4.90. The summed E-state index contributed by atoms with van der Waals surface area (Å²) < 4.78 is 42.4. The van der Waals surface area contributed by atoms with Crippen molar-refractivity contribution in [2.24, 2.45) is 0 Å². The summed E-state index contributed by atoms with van der Waals surface area (Å²) in [5, 5.41) is 18.0. The van der Waals surface area contributed by atoms with Gasteiger partial charge in [-0.25, -0.2) is 4.79 Å². The largest absolute Gasteiger partial charge is 0.447 e. The SMILES string of the molecule is N#Cc1ccc(N2C(=O)OCC2[C@H](O)C(F)(F)F)cc1Cl. The zero-order chi connectivity index (χ0) is 15.8. The number of nitrogens with zero attached hydrogens (tertiary/aromatic N) is 2. The number of benzene rings is 1. The second-order valence-electron chi connectivity index (χ2n) is 4.28. The van der Waals surface area contributed by atoms with Crippen LogP contribution in [0.15, 0.2) is 18.2 Å². The standard InChI is InChI=1S/C12H8ClF3N2O3/c13-8-3-7(2-1-6(8)4-17)18-9(5-21-11(18)20)10(19)12(14,15)16/h1-3,9-10,19H,5H2/t9?,10-/m0/s1. The van der Waals surface area contributed by atoms with Crippen molar-refractivity contribution >= 4 is 23.4 Å². The molecule has 0 spiro atoms. The number of aliphatic hydroxyl groups excluding tert-OH is 1. The first kappa shape index (κ1) is 15.4. The molecule has 5 nitrogen and oxygen atoms in total. The van der Waals surface area contributed by atoms with Gasteiger partial charge in [0.15, 0.2) is 6.10 Å². The van der Waals surface area contributed by atoms with Crippen LogP contribution in [0.25, 0.3) is 0 Å². The highest BCUT2D eigenvalue weighted by Crippen LogP contribution is 2.33. The fourth-order valence-corrected chi connectivity index (χ4v) is 2.15. The smallest absolute Gasteiger partial charge is 0.416 e. The maximum absolute atomic E-state index is 12.6. The van der Waals surface area contributed by atoms with Gasteiger partial charge in [-0.2, -0.15) is 18.4 Å². The molecule has 1 unspecified atom stereocenters. The first-order chi connectivity index (χ1) is 9.75. The number of alkyl halides is 3. The monoisotopic (exact) mass is 320 g/mol. The highest BCUT2D eigenvalue weighted by Gasteiger charge is 2.50. The number of hydrogen-bond donors (Lipinski definition) is 1. The van der Waals surface area contributed by atoms with Crippen molar-refractivity contribution in [3.8, 4) is 6.07 Å². The highest BCUT2D eigenvalue weighted by atomic mass is 35.5. The summed E-state index contributed by atoms with van der Waals surface area (Å²) in [5.74, 6) is 0. The van der Waals surface area contributed by atoms with E-state index in [-0.39, 0.29) is 16.3 Å². The zero-order valence-electron chi connectivity index (χ0n) is 10.3. The Kier molecular flexibility index (Phi) is 3.98. The summed E-state index contributed by atoms with van der Waals surface area (Å²) in [4.78, 5) is 12.3. The van der Waals surface area contributed by atoms with Gasteiger partial charge in [0.1, 0.15) is 18.7 Å². The van der Waals surface area contributed by atoms with E-state index in [4.69, 9.17) is 16.9 Å². The number of cyclic esters (lactones) is 1. The van der Waals surface area contributed by atoms with Gasteiger partial charge in [0.2, 0.25) is 0 Å². The lowest BCUT2D eigenvalue weighted by Gasteiger charge is -2.27. The average Bonchev–Trinajstić information content (AvgIpc) is 2.78. The van der Waals surface area contributed by atoms with Gasteiger partial charge in [0.05, 0.1) is 10.6 Å². The van der Waals surface area contributed by atoms with Gasteiger partial charge in [-0.05, 0) is 18.2 Å². The third kappa shape index (κ3) is 2.89. The molecule has 0 radical (unpaired) electrons. The minimum absolute atomic E-state index is 0.00907. The Balaban J connectivity index is 2.38. The van der Waals surface area contributed by atoms with Crippen LogP contribution < -0.4 is 4.90 Å². The van der Waals surface area contributed by atoms with Crippen molar-refractivity contribution in [2.75, 3.05) is 11.5 Å². The normalized spacial score (nSPS) is 20.1. The number of nitriles is 1. The van der Waals surface area contributed by atoms with Crippen LogP contribution in [0.2, 0.25) is 5.02 Å². The molecule has 9 heteroatoms. The third-order valence-corrected chi connectivity index (χ3v) is 3.27. The molecule has 2 rings (SSSR count). The predicted molar refractivity (Wildman–Crippen MR) is 65.8 cm³/mol. The van der Waals surface area contributed by atoms with E-state index in [2.05, 4.69) is 4.74 Å². The van der Waals surface area contributed by atoms with Gasteiger partial charge in [0.25, 0.3) is 0 Å². The number of carbonyl (C=O) groups is 1. The Morgan fingerprint density at radius 2 is 2.19 bits per heavy atom. The number of halogens is 4. The summed E-state index contributed by atoms with van der Waals surface area (Å²) in [6.07, 6.45) is -8.67. The maximum atomic E-state index is 12.6. The molecule has 1 fully saturated rings. The average molecular weight is 321 g/mol. The van der Waals surface area contributed by atoms with Gasteiger partial charge < -0.3 is 9.84 Å². The second-order valence-corrected chi connectivity index (χ2v) is 4.68. The number of ether oxygens (including phenoxy) is 1. The van der Waals surface area contributed by atoms with Crippen molar-refractivity contribution in [3.63, 3.8) is 0 Å². The molecule has 1 heterocycles. The molecule has 1 saturated heterocycles. The van der Waals surface area contributed by atoms with Crippen LogP contribution in [-0.2, 0) is 4.74 Å². The van der Waals surface area contributed by atoms with Crippen LogP contribution in [0.3, 0.4) is 0 Å². The Labute approximate surface area is 122 Å². The quantitative estimate of drug-likeness (QED) is 0.908. The summed E-state index contributed by atoms with van der Waals surface area (Å²) in [6, 6.07) is 3.87. The molecular formula is C12H8ClF3N2O3. The first-order valence-corrected chi connectivity index (χ1v) is 6.04. The summed E-state index contributed by atoms with van der Waals surface area (Å²) in [5.41, 5.74) is 0.121. The topological polar surface area (TPSA) is 73.6 Å². The van der Waals surface area contributed by atoms with E-state index in [1.165, 1.54) is 18.2 Å². The number of rotatable bonds is 2. The van der Waals surface area contributed by atoms with Crippen molar-refractivity contribution in [2.45, 2.75) is 18.3 Å². The van der Waals surface area contributed by atoms with Crippen molar-refractivity contribution in [3.05, 3.63) is 28.8 Å². The van der Waals surface area contributed by atoms with E-state index in [1.54, 1.807) is 6.07 Å². The zero-order valence-corrected chi connectivity index (χ0v) is 11.0. The molecular weight excluding hydrogens is 313 g/mol. The lowest BCUT2D eigenvalue weighted by atomic mass is 10.1. The van der Waals surface area contributed by atoms with Crippen LogP contribution in [0.1, 0.15) is 5.56 Å². The molecule has 1 N–H and O–H groups in total. The highest BCUT2D eigenvalue weighted by molar-refractivity contribution is 6.32. The Bertz CT molecular complexity index is 615. The maximum Gasteiger partial charge on any atom is 0.416 e. The number of anilines is 1. The van der Waals surface area contributed by atoms with E-state index in [0.717, 1.165) is 0 Å². The van der Waals surface area contributed by atoms with Gasteiger partial charge in [-0.1, -0.05) is 11.6 Å². The van der Waals surface area contributed by atoms with E-state index in [0.29, 0.717) is 4.90 Å². The lowest BCUT2D eigenvalue weighted by molar-refractivity contribution is -0.209. The van der Waals surface area contributed by atoms with Gasteiger partial charge >= 0.3 is 12.3 Å². The Morgan fingerprint density at radius 1 is 1.52 bits per heavy atom. The summed E-state index contributed by atoms with van der Waals surface area (Å²) in [7, 11) is 0. The Morgan fingerprint density at radius 3 is 2.71 bits per heavy atom. The van der Waals surface area contributed by atoms with Gasteiger partial charge in [0, 0.05) is 5.69 Å². The van der Waals surface area contributed by atoms with E-state index >= 15 is 0 Å². The molecule has 112 valence electrons. The number of carbonyl (C=O) groups excluding carboxylic acids is 1. The van der Waals surface area contributed by atoms with Crippen LogP contribution in [0, 0.1) is 11.3 Å².